The molecule has 3 aromatic rings. The van der Waals surface area contributed by atoms with Gasteiger partial charge in [0.25, 0.3) is 5.89 Å². The molecular formula is C21H28N8O2. The molecule has 0 aliphatic carbocycles. The van der Waals surface area contributed by atoms with E-state index in [0.717, 1.165) is 37.1 Å². The Morgan fingerprint density at radius 2 is 1.90 bits per heavy atom. The Morgan fingerprint density at radius 1 is 1.16 bits per heavy atom. The maximum atomic E-state index is 10.9. The molecule has 164 valence electrons. The number of nitrogen functional groups attached to an aromatic ring is 1. The topological polar surface area (TPSA) is 135 Å². The number of carbonyl (C=O) groups excluding carboxylic acids is 1. The van der Waals surface area contributed by atoms with E-state index in [-0.39, 0.29) is 17.6 Å². The van der Waals surface area contributed by atoms with Gasteiger partial charge in [0.2, 0.25) is 11.8 Å². The van der Waals surface area contributed by atoms with Gasteiger partial charge in [-0.3, -0.25) is 4.79 Å². The number of aromatic nitrogens is 4. The molecule has 0 unspecified atom stereocenters. The van der Waals surface area contributed by atoms with Crippen LogP contribution in [-0.4, -0.2) is 53.3 Å². The Bertz CT molecular complexity index is 1000. The lowest BCUT2D eigenvalue weighted by Gasteiger charge is -2.18. The molecule has 10 nitrogen and oxygen atoms in total. The van der Waals surface area contributed by atoms with Crippen molar-refractivity contribution in [2.75, 3.05) is 37.8 Å². The zero-order chi connectivity index (χ0) is 22.2. The van der Waals surface area contributed by atoms with Gasteiger partial charge in [-0.2, -0.15) is 0 Å². The molecule has 0 bridgehead atoms. The highest BCUT2D eigenvalue weighted by Crippen LogP contribution is 2.27. The minimum Gasteiger partial charge on any atom is -0.414 e. The minimum absolute atomic E-state index is 0.0183. The molecule has 0 fully saturated rings. The second-order valence-electron chi connectivity index (χ2n) is 7.21. The number of unbranched alkanes of at least 4 members (excludes halogenated alkanes) is 1. The summed E-state index contributed by atoms with van der Waals surface area (Å²) < 4.78 is 5.83. The van der Waals surface area contributed by atoms with Crippen molar-refractivity contribution in [3.63, 3.8) is 0 Å². The second-order valence-corrected chi connectivity index (χ2v) is 7.21. The maximum absolute atomic E-state index is 10.9. The first kappa shape index (κ1) is 22.2. The van der Waals surface area contributed by atoms with Crippen LogP contribution in [0.3, 0.4) is 0 Å². The molecule has 2 heterocycles. The molecule has 10 heteroatoms. The summed E-state index contributed by atoms with van der Waals surface area (Å²) in [5.41, 5.74) is 8.36. The van der Waals surface area contributed by atoms with E-state index in [1.54, 1.807) is 6.20 Å². The van der Waals surface area contributed by atoms with Gasteiger partial charge in [0.15, 0.2) is 11.5 Å². The molecule has 4 N–H and O–H groups in total. The number of rotatable bonds is 10. The summed E-state index contributed by atoms with van der Waals surface area (Å²) in [6.07, 6.45) is 3.39. The quantitative estimate of drug-likeness (QED) is 0.417. The fourth-order valence-electron chi connectivity index (χ4n) is 2.99. The van der Waals surface area contributed by atoms with Crippen LogP contribution in [0.1, 0.15) is 25.3 Å². The third kappa shape index (κ3) is 5.98. The van der Waals surface area contributed by atoms with Gasteiger partial charge in [0.05, 0.1) is 6.20 Å². The Hall–Kier alpha value is -3.53. The lowest BCUT2D eigenvalue weighted by molar-refractivity contribution is -0.118. The summed E-state index contributed by atoms with van der Waals surface area (Å²) in [5.74, 6) is 1.47. The van der Waals surface area contributed by atoms with E-state index in [9.17, 15) is 4.79 Å². The van der Waals surface area contributed by atoms with Crippen LogP contribution in [0.2, 0.25) is 0 Å². The smallest absolute Gasteiger partial charge is 0.270 e. The predicted octanol–water partition coefficient (Wildman–Crippen LogP) is 1.85. The van der Waals surface area contributed by atoms with Crippen molar-refractivity contribution in [1.29, 1.82) is 0 Å². The van der Waals surface area contributed by atoms with Gasteiger partial charge < -0.3 is 25.7 Å². The summed E-state index contributed by atoms with van der Waals surface area (Å²) in [6.45, 7) is 3.71. The molecule has 0 aliphatic rings. The van der Waals surface area contributed by atoms with Crippen molar-refractivity contribution in [2.45, 2.75) is 26.3 Å². The normalized spacial score (nSPS) is 10.8. The molecule has 1 aromatic carbocycles. The zero-order valence-corrected chi connectivity index (χ0v) is 18.1. The molecular weight excluding hydrogens is 396 g/mol. The summed E-state index contributed by atoms with van der Waals surface area (Å²) in [5, 5.41) is 14.2. The predicted molar refractivity (Wildman–Crippen MR) is 119 cm³/mol. The molecule has 2 aromatic heterocycles. The highest BCUT2D eigenvalue weighted by atomic mass is 16.4. The number of benzene rings is 1. The Labute approximate surface area is 181 Å². The number of nitrogens with two attached hydrogens (primary N) is 1. The van der Waals surface area contributed by atoms with E-state index in [1.165, 1.54) is 6.92 Å². The summed E-state index contributed by atoms with van der Waals surface area (Å²) >= 11 is 0. The van der Waals surface area contributed by atoms with Crippen LogP contribution in [0, 0.1) is 0 Å². The van der Waals surface area contributed by atoms with Crippen molar-refractivity contribution in [2.24, 2.45) is 0 Å². The highest BCUT2D eigenvalue weighted by molar-refractivity contribution is 5.72. The molecule has 3 rings (SSSR count). The summed E-state index contributed by atoms with van der Waals surface area (Å²) in [7, 11) is 3.83. The zero-order valence-electron chi connectivity index (χ0n) is 18.1. The monoisotopic (exact) mass is 424 g/mol. The van der Waals surface area contributed by atoms with Crippen molar-refractivity contribution in [1.82, 2.24) is 30.8 Å². The number of nitrogens with one attached hydrogen (secondary N) is 2. The van der Waals surface area contributed by atoms with Crippen LogP contribution in [0.25, 0.3) is 23.0 Å². The third-order valence-electron chi connectivity index (χ3n) is 4.68. The number of nitrogens with zero attached hydrogens (tertiary/aromatic N) is 5. The minimum atomic E-state index is -0.0183. The number of amides is 1. The summed E-state index contributed by atoms with van der Waals surface area (Å²) in [6, 6.07) is 7.88. The molecule has 0 atom stereocenters. The fourth-order valence-corrected chi connectivity index (χ4v) is 2.99. The lowest BCUT2D eigenvalue weighted by atomic mass is 10.1. The molecule has 0 spiro atoms. The molecule has 31 heavy (non-hydrogen) atoms. The molecule has 0 saturated carbocycles. The van der Waals surface area contributed by atoms with Gasteiger partial charge in [-0.25, -0.2) is 9.97 Å². The van der Waals surface area contributed by atoms with Crippen molar-refractivity contribution in [3.8, 4) is 23.0 Å². The average molecular weight is 425 g/mol. The number of carbonyl (C=O) groups is 1. The van der Waals surface area contributed by atoms with Crippen molar-refractivity contribution in [3.05, 3.63) is 36.0 Å². The van der Waals surface area contributed by atoms with Crippen LogP contribution < -0.4 is 21.3 Å². The van der Waals surface area contributed by atoms with Crippen LogP contribution in [0.15, 0.2) is 34.9 Å². The van der Waals surface area contributed by atoms with Gasteiger partial charge in [-0.1, -0.05) is 12.1 Å². The van der Waals surface area contributed by atoms with E-state index in [0.29, 0.717) is 23.9 Å². The van der Waals surface area contributed by atoms with Gasteiger partial charge in [-0.05, 0) is 37.6 Å². The Balaban J connectivity index is 1.69. The van der Waals surface area contributed by atoms with Gasteiger partial charge >= 0.3 is 0 Å². The van der Waals surface area contributed by atoms with Crippen molar-refractivity contribution < 1.29 is 9.21 Å². The van der Waals surface area contributed by atoms with E-state index in [2.05, 4.69) is 30.8 Å². The van der Waals surface area contributed by atoms with Crippen LogP contribution in [-0.2, 0) is 11.3 Å². The van der Waals surface area contributed by atoms with Crippen LogP contribution >= 0.6 is 0 Å². The largest absolute Gasteiger partial charge is 0.414 e. The van der Waals surface area contributed by atoms with Gasteiger partial charge in [-0.15, -0.1) is 10.2 Å². The average Bonchev–Trinajstić information content (AvgIpc) is 3.24. The van der Waals surface area contributed by atoms with Crippen LogP contribution in [0.5, 0.6) is 0 Å². The second kappa shape index (κ2) is 10.5. The third-order valence-corrected chi connectivity index (χ3v) is 4.68. The molecule has 0 radical (unpaired) electrons. The van der Waals surface area contributed by atoms with E-state index >= 15 is 0 Å². The molecule has 0 aliphatic heterocycles. The first-order valence-electron chi connectivity index (χ1n) is 10.1. The van der Waals surface area contributed by atoms with Gasteiger partial charge in [0, 0.05) is 39.2 Å². The number of hydrogen-bond donors (Lipinski definition) is 3. The lowest BCUT2D eigenvalue weighted by Crippen LogP contribution is -2.24. The number of anilines is 2. The summed E-state index contributed by atoms with van der Waals surface area (Å²) in [4.78, 5) is 21.7. The Kier molecular flexibility index (Phi) is 7.50. The SMILES string of the molecule is CNCc1ccc(-c2nnc(-c3nc(N(C)CCCCNC(C)=O)cnc3N)o2)cc1. The van der Waals surface area contributed by atoms with Gasteiger partial charge in [0.1, 0.15) is 5.82 Å². The molecule has 0 saturated heterocycles. The first-order chi connectivity index (χ1) is 15.0. The Morgan fingerprint density at radius 3 is 2.61 bits per heavy atom. The standard InChI is InChI=1S/C21H28N8O2/c1-14(30)24-10-4-5-11-29(3)17-13-25-19(22)18(26-17)21-28-27-20(31-21)16-8-6-15(7-9-16)12-23-2/h6-9,13,23H,4-5,10-12H2,1-3H3,(H2,22,25)(H,24,30). The van der Waals surface area contributed by atoms with E-state index in [1.807, 2.05) is 43.3 Å². The fraction of sp³-hybridized carbons (Fsp3) is 0.381. The first-order valence-corrected chi connectivity index (χ1v) is 10.1. The van der Waals surface area contributed by atoms with E-state index < -0.39 is 0 Å². The van der Waals surface area contributed by atoms with E-state index in [4.69, 9.17) is 10.2 Å². The van der Waals surface area contributed by atoms with Crippen molar-refractivity contribution >= 4 is 17.5 Å². The number of hydrogen-bond acceptors (Lipinski definition) is 9. The maximum Gasteiger partial charge on any atom is 0.270 e. The van der Waals surface area contributed by atoms with Crippen LogP contribution in [0.4, 0.5) is 11.6 Å². The molecule has 1 amide bonds. The highest BCUT2D eigenvalue weighted by Gasteiger charge is 2.17.